The molecule has 0 bridgehead atoms. The van der Waals surface area contributed by atoms with Gasteiger partial charge >= 0.3 is 5.97 Å². The number of carbonyl (C=O) groups is 1. The van der Waals surface area contributed by atoms with Gasteiger partial charge in [0.15, 0.2) is 0 Å². The van der Waals surface area contributed by atoms with Crippen LogP contribution in [0.3, 0.4) is 0 Å². The third-order valence-corrected chi connectivity index (χ3v) is 3.09. The number of carbonyl (C=O) groups excluding carboxylic acids is 1. The lowest BCUT2D eigenvalue weighted by Crippen LogP contribution is -1.98. The average molecular weight is 284 g/mol. The monoisotopic (exact) mass is 284 g/mol. The summed E-state index contributed by atoms with van der Waals surface area (Å²) in [7, 11) is 1.42. The molecular weight excluding hydrogens is 260 g/mol. The van der Waals surface area contributed by atoms with Gasteiger partial charge in [-0.15, -0.1) is 0 Å². The van der Waals surface area contributed by atoms with Crippen molar-refractivity contribution in [2.75, 3.05) is 7.11 Å². The minimum absolute atomic E-state index is 0.0940. The number of benzene rings is 2. The van der Waals surface area contributed by atoms with Crippen molar-refractivity contribution in [1.82, 2.24) is 0 Å². The molecule has 0 aromatic heterocycles. The van der Waals surface area contributed by atoms with E-state index in [0.29, 0.717) is 6.42 Å². The molecule has 0 heterocycles. The molecule has 0 atom stereocenters. The van der Waals surface area contributed by atoms with Gasteiger partial charge in [-0.05, 0) is 17.5 Å². The Morgan fingerprint density at radius 1 is 0.857 bits per heavy atom. The second-order valence-electron chi connectivity index (χ2n) is 4.77. The number of esters is 1. The highest BCUT2D eigenvalue weighted by Gasteiger charge is 1.96. The molecule has 0 N–H and O–H groups in total. The van der Waals surface area contributed by atoms with Crippen LogP contribution in [0.1, 0.15) is 32.6 Å². The van der Waals surface area contributed by atoms with Crippen LogP contribution in [-0.2, 0) is 9.53 Å². The van der Waals surface area contributed by atoms with Gasteiger partial charge < -0.3 is 4.74 Å². The van der Waals surface area contributed by atoms with E-state index in [0.717, 1.165) is 19.3 Å². The molecule has 112 valence electrons. The summed E-state index contributed by atoms with van der Waals surface area (Å²) in [6.07, 6.45) is 3.81. The Morgan fingerprint density at radius 2 is 1.33 bits per heavy atom. The number of hydrogen-bond donors (Lipinski definition) is 0. The third-order valence-electron chi connectivity index (χ3n) is 3.09. The van der Waals surface area contributed by atoms with E-state index < -0.39 is 0 Å². The summed E-state index contributed by atoms with van der Waals surface area (Å²) in [5.74, 6) is -0.0940. The molecule has 2 heteroatoms. The number of hydrogen-bond acceptors (Lipinski definition) is 2. The van der Waals surface area contributed by atoms with Crippen molar-refractivity contribution >= 4 is 5.97 Å². The molecule has 2 aromatic rings. The van der Waals surface area contributed by atoms with Crippen LogP contribution in [0.2, 0.25) is 0 Å². The summed E-state index contributed by atoms with van der Waals surface area (Å²) in [4.78, 5) is 10.5. The van der Waals surface area contributed by atoms with Crippen LogP contribution in [0.25, 0.3) is 11.1 Å². The van der Waals surface area contributed by atoms with Crippen molar-refractivity contribution in [2.45, 2.75) is 32.6 Å². The van der Waals surface area contributed by atoms with E-state index in [-0.39, 0.29) is 5.97 Å². The second kappa shape index (κ2) is 10.7. The maximum absolute atomic E-state index is 10.5. The zero-order valence-electron chi connectivity index (χ0n) is 12.9. The maximum atomic E-state index is 10.5. The van der Waals surface area contributed by atoms with E-state index in [1.807, 2.05) is 12.1 Å². The van der Waals surface area contributed by atoms with Crippen molar-refractivity contribution in [3.05, 3.63) is 60.7 Å². The lowest BCUT2D eigenvalue weighted by molar-refractivity contribution is -0.140. The predicted octanol–water partition coefficient (Wildman–Crippen LogP) is 5.09. The highest BCUT2D eigenvalue weighted by Crippen LogP contribution is 2.17. The van der Waals surface area contributed by atoms with Gasteiger partial charge in [-0.1, -0.05) is 80.4 Å². The summed E-state index contributed by atoms with van der Waals surface area (Å²) in [6, 6.07) is 20.8. The Morgan fingerprint density at radius 3 is 1.71 bits per heavy atom. The molecule has 21 heavy (non-hydrogen) atoms. The van der Waals surface area contributed by atoms with Crippen LogP contribution in [-0.4, -0.2) is 13.1 Å². The first-order valence-corrected chi connectivity index (χ1v) is 7.45. The van der Waals surface area contributed by atoms with Gasteiger partial charge in [0.2, 0.25) is 0 Å². The van der Waals surface area contributed by atoms with Crippen molar-refractivity contribution in [1.29, 1.82) is 0 Å². The van der Waals surface area contributed by atoms with Crippen LogP contribution < -0.4 is 0 Å². The predicted molar refractivity (Wildman–Crippen MR) is 88.0 cm³/mol. The number of methoxy groups -OCH3 is 1. The van der Waals surface area contributed by atoms with E-state index in [1.54, 1.807) is 0 Å². The molecule has 0 saturated carbocycles. The summed E-state index contributed by atoms with van der Waals surface area (Å²) in [5.41, 5.74) is 2.55. The van der Waals surface area contributed by atoms with Gasteiger partial charge in [-0.25, -0.2) is 0 Å². The summed E-state index contributed by atoms with van der Waals surface area (Å²) in [5, 5.41) is 0. The molecular formula is C19H24O2. The van der Waals surface area contributed by atoms with Gasteiger partial charge in [0.1, 0.15) is 0 Å². The summed E-state index contributed by atoms with van der Waals surface area (Å²) < 4.78 is 4.46. The Bertz CT molecular complexity index is 454. The molecule has 0 radical (unpaired) electrons. The quantitative estimate of drug-likeness (QED) is 0.564. The first-order chi connectivity index (χ1) is 10.3. The molecule has 0 aliphatic carbocycles. The number of rotatable bonds is 5. The molecule has 2 aromatic carbocycles. The van der Waals surface area contributed by atoms with Crippen LogP contribution in [0.15, 0.2) is 60.7 Å². The number of ether oxygens (including phenoxy) is 1. The maximum Gasteiger partial charge on any atom is 0.305 e. The molecule has 0 spiro atoms. The molecule has 2 rings (SSSR count). The van der Waals surface area contributed by atoms with E-state index in [1.165, 1.54) is 18.2 Å². The van der Waals surface area contributed by atoms with E-state index in [2.05, 4.69) is 60.2 Å². The first kappa shape index (κ1) is 17.0. The Balaban J connectivity index is 0.000000222. The minimum Gasteiger partial charge on any atom is -0.469 e. The van der Waals surface area contributed by atoms with E-state index in [9.17, 15) is 4.79 Å². The minimum atomic E-state index is -0.0940. The van der Waals surface area contributed by atoms with Gasteiger partial charge in [0, 0.05) is 6.42 Å². The fourth-order valence-corrected chi connectivity index (χ4v) is 1.88. The van der Waals surface area contributed by atoms with Crippen molar-refractivity contribution in [3.8, 4) is 11.1 Å². The standard InChI is InChI=1S/C12H10.C7H14O2/c1-3-7-11(8-4-1)12-9-5-2-6-10-12;1-3-4-5-6-7(8)9-2/h1-10H;3-6H2,1-2H3. The fourth-order valence-electron chi connectivity index (χ4n) is 1.88. The molecule has 2 nitrogen and oxygen atoms in total. The normalized spacial score (nSPS) is 9.43. The molecule has 0 aliphatic rings. The Labute approximate surface area is 127 Å². The van der Waals surface area contributed by atoms with Gasteiger partial charge in [-0.3, -0.25) is 4.79 Å². The molecule has 0 saturated heterocycles. The van der Waals surface area contributed by atoms with Gasteiger partial charge in [0.05, 0.1) is 7.11 Å². The van der Waals surface area contributed by atoms with Crippen molar-refractivity contribution < 1.29 is 9.53 Å². The van der Waals surface area contributed by atoms with E-state index >= 15 is 0 Å². The highest BCUT2D eigenvalue weighted by molar-refractivity contribution is 5.68. The smallest absolute Gasteiger partial charge is 0.305 e. The molecule has 0 fully saturated rings. The van der Waals surface area contributed by atoms with Gasteiger partial charge in [0.25, 0.3) is 0 Å². The Kier molecular flexibility index (Phi) is 8.62. The van der Waals surface area contributed by atoms with Crippen LogP contribution >= 0.6 is 0 Å². The summed E-state index contributed by atoms with van der Waals surface area (Å²) >= 11 is 0. The van der Waals surface area contributed by atoms with Crippen LogP contribution in [0.5, 0.6) is 0 Å². The van der Waals surface area contributed by atoms with Crippen LogP contribution in [0.4, 0.5) is 0 Å². The lowest BCUT2D eigenvalue weighted by Gasteiger charge is -1.98. The second-order valence-corrected chi connectivity index (χ2v) is 4.77. The largest absolute Gasteiger partial charge is 0.469 e. The summed E-state index contributed by atoms with van der Waals surface area (Å²) in [6.45, 7) is 2.11. The highest BCUT2D eigenvalue weighted by atomic mass is 16.5. The SMILES string of the molecule is CCCCCC(=O)OC.c1ccc(-c2ccccc2)cc1. The Hall–Kier alpha value is -2.09. The molecule has 0 amide bonds. The first-order valence-electron chi connectivity index (χ1n) is 7.45. The lowest BCUT2D eigenvalue weighted by atomic mass is 10.1. The van der Waals surface area contributed by atoms with E-state index in [4.69, 9.17) is 0 Å². The topological polar surface area (TPSA) is 26.3 Å². The van der Waals surface area contributed by atoms with Crippen molar-refractivity contribution in [2.24, 2.45) is 0 Å². The average Bonchev–Trinajstić information content (AvgIpc) is 2.57. The zero-order chi connectivity index (χ0) is 15.3. The fraction of sp³-hybridized carbons (Fsp3) is 0.316. The molecule has 0 aliphatic heterocycles. The number of unbranched alkanes of at least 4 members (excludes halogenated alkanes) is 2. The molecule has 0 unspecified atom stereocenters. The van der Waals surface area contributed by atoms with Gasteiger partial charge in [-0.2, -0.15) is 0 Å². The third kappa shape index (κ3) is 7.31. The zero-order valence-corrected chi connectivity index (χ0v) is 12.9. The van der Waals surface area contributed by atoms with Crippen molar-refractivity contribution in [3.63, 3.8) is 0 Å². The van der Waals surface area contributed by atoms with Crippen LogP contribution in [0, 0.1) is 0 Å².